The van der Waals surface area contributed by atoms with E-state index >= 15 is 0 Å². The molecule has 7 heteroatoms. The molecule has 0 N–H and O–H groups in total. The Morgan fingerprint density at radius 2 is 2.12 bits per heavy atom. The average Bonchev–Trinajstić information content (AvgIpc) is 2.26. The molecule has 0 atom stereocenters. The number of ether oxygens (including phenoxy) is 2. The van der Waals surface area contributed by atoms with Gasteiger partial charge in [0.15, 0.2) is 5.75 Å². The van der Waals surface area contributed by atoms with Gasteiger partial charge in [-0.15, -0.1) is 0 Å². The van der Waals surface area contributed by atoms with E-state index in [9.17, 15) is 13.6 Å². The lowest BCUT2D eigenvalue weighted by Crippen LogP contribution is -2.10. The molecule has 0 bridgehead atoms. The molecule has 1 rings (SSSR count). The fourth-order valence-electron chi connectivity index (χ4n) is 1.08. The number of methoxy groups -OCH3 is 2. The Morgan fingerprint density at radius 1 is 1.50 bits per heavy atom. The molecule has 0 spiro atoms. The minimum Gasteiger partial charge on any atom is -0.494 e. The summed E-state index contributed by atoms with van der Waals surface area (Å²) in [5.41, 5.74) is -0.488. The molecule has 16 heavy (non-hydrogen) atoms. The number of alkyl halides is 2. The van der Waals surface area contributed by atoms with Crippen molar-refractivity contribution in [2.75, 3.05) is 14.2 Å². The van der Waals surface area contributed by atoms with Gasteiger partial charge in [0.2, 0.25) is 0 Å². The molecule has 0 radical (unpaired) electrons. The first-order valence-corrected chi connectivity index (χ1v) is 5.19. The highest BCUT2D eigenvalue weighted by atomic mass is 127. The maximum absolute atomic E-state index is 12.6. The highest BCUT2D eigenvalue weighted by molar-refractivity contribution is 14.1. The molecule has 0 aliphatic rings. The predicted molar refractivity (Wildman–Crippen MR) is 59.8 cm³/mol. The number of hydrogen-bond acceptors (Lipinski definition) is 4. The average molecular weight is 343 g/mol. The molecule has 0 fully saturated rings. The van der Waals surface area contributed by atoms with Gasteiger partial charge in [0.1, 0.15) is 11.3 Å². The molecule has 88 valence electrons. The number of rotatable bonds is 3. The lowest BCUT2D eigenvalue weighted by atomic mass is 10.2. The maximum atomic E-state index is 12.6. The molecule has 4 nitrogen and oxygen atoms in total. The van der Waals surface area contributed by atoms with Crippen LogP contribution in [0, 0.1) is 3.57 Å². The second-order valence-electron chi connectivity index (χ2n) is 2.69. The molecule has 0 amide bonds. The Bertz CT molecular complexity index is 412. The van der Waals surface area contributed by atoms with E-state index in [0.717, 1.165) is 6.20 Å². The summed E-state index contributed by atoms with van der Waals surface area (Å²) in [6.45, 7) is 0. The first kappa shape index (κ1) is 13.1. The van der Waals surface area contributed by atoms with Gasteiger partial charge in [0.25, 0.3) is 6.43 Å². The highest BCUT2D eigenvalue weighted by Crippen LogP contribution is 2.30. The molecule has 0 aromatic carbocycles. The number of aromatic nitrogens is 1. The van der Waals surface area contributed by atoms with Crippen molar-refractivity contribution in [3.05, 3.63) is 21.0 Å². The Labute approximate surface area is 104 Å². The van der Waals surface area contributed by atoms with Crippen LogP contribution >= 0.6 is 22.6 Å². The number of pyridine rings is 1. The minimum absolute atomic E-state index is 0.0316. The predicted octanol–water partition coefficient (Wildman–Crippen LogP) is 2.42. The highest BCUT2D eigenvalue weighted by Gasteiger charge is 2.24. The summed E-state index contributed by atoms with van der Waals surface area (Å²) < 4.78 is 34.5. The van der Waals surface area contributed by atoms with Crippen LogP contribution in [0.1, 0.15) is 22.5 Å². The number of hydrogen-bond donors (Lipinski definition) is 0. The van der Waals surface area contributed by atoms with Crippen molar-refractivity contribution in [2.45, 2.75) is 6.43 Å². The lowest BCUT2D eigenvalue weighted by Gasteiger charge is -2.11. The van der Waals surface area contributed by atoms with Crippen LogP contribution in [0.3, 0.4) is 0 Å². The van der Waals surface area contributed by atoms with Gasteiger partial charge >= 0.3 is 5.97 Å². The van der Waals surface area contributed by atoms with Crippen molar-refractivity contribution in [1.29, 1.82) is 0 Å². The lowest BCUT2D eigenvalue weighted by molar-refractivity contribution is 0.0594. The van der Waals surface area contributed by atoms with Gasteiger partial charge in [-0.3, -0.25) is 4.98 Å². The van der Waals surface area contributed by atoms with Gasteiger partial charge in [-0.25, -0.2) is 13.6 Å². The van der Waals surface area contributed by atoms with Crippen molar-refractivity contribution in [2.24, 2.45) is 0 Å². The van der Waals surface area contributed by atoms with Gasteiger partial charge < -0.3 is 9.47 Å². The van der Waals surface area contributed by atoms with Gasteiger partial charge in [-0.2, -0.15) is 0 Å². The molecule has 0 saturated heterocycles. The van der Waals surface area contributed by atoms with Gasteiger partial charge in [0, 0.05) is 0 Å². The van der Waals surface area contributed by atoms with Crippen LogP contribution < -0.4 is 4.74 Å². The maximum Gasteiger partial charge on any atom is 0.342 e. The Morgan fingerprint density at radius 3 is 2.56 bits per heavy atom. The molecule has 1 aromatic heterocycles. The second kappa shape index (κ2) is 5.37. The summed E-state index contributed by atoms with van der Waals surface area (Å²) in [6.07, 6.45) is -1.67. The summed E-state index contributed by atoms with van der Waals surface area (Å²) >= 11 is 1.62. The van der Waals surface area contributed by atoms with E-state index in [1.807, 2.05) is 0 Å². The van der Waals surface area contributed by atoms with Crippen molar-refractivity contribution < 1.29 is 23.0 Å². The van der Waals surface area contributed by atoms with E-state index in [-0.39, 0.29) is 14.9 Å². The zero-order chi connectivity index (χ0) is 12.3. The van der Waals surface area contributed by atoms with Crippen LogP contribution in [-0.2, 0) is 4.74 Å². The standard InChI is InChI=1S/C9H8F2INO3/c1-15-4-3-13-7(8(10)11)6(12)5(4)9(14)16-2/h3,8H,1-2H3. The zero-order valence-electron chi connectivity index (χ0n) is 8.46. The molecule has 0 unspecified atom stereocenters. The van der Waals surface area contributed by atoms with E-state index in [0.29, 0.717) is 0 Å². The third kappa shape index (κ3) is 2.39. The number of carbonyl (C=O) groups excluding carboxylic acids is 1. The van der Waals surface area contributed by atoms with E-state index in [1.54, 1.807) is 22.6 Å². The summed E-state index contributed by atoms with van der Waals surface area (Å²) in [4.78, 5) is 14.9. The third-order valence-corrected chi connectivity index (χ3v) is 2.92. The monoisotopic (exact) mass is 343 g/mol. The van der Waals surface area contributed by atoms with E-state index in [2.05, 4.69) is 9.72 Å². The molecule has 0 saturated carbocycles. The summed E-state index contributed by atoms with van der Waals surface area (Å²) in [5, 5.41) is 0. The Balaban J connectivity index is 3.40. The summed E-state index contributed by atoms with van der Waals surface area (Å²) in [6, 6.07) is 0. The molecule has 1 aromatic rings. The SMILES string of the molecule is COC(=O)c1c(OC)cnc(C(F)F)c1I. The molecular formula is C9H8F2INO3. The normalized spacial score (nSPS) is 10.4. The molecule has 0 aliphatic heterocycles. The fourth-order valence-corrected chi connectivity index (χ4v) is 1.95. The minimum atomic E-state index is -2.75. The quantitative estimate of drug-likeness (QED) is 0.625. The summed E-state index contributed by atoms with van der Waals surface area (Å²) in [7, 11) is 2.49. The number of carbonyl (C=O) groups is 1. The molecule has 1 heterocycles. The zero-order valence-corrected chi connectivity index (χ0v) is 10.6. The fraction of sp³-hybridized carbons (Fsp3) is 0.333. The van der Waals surface area contributed by atoms with Crippen LogP contribution in [0.5, 0.6) is 5.75 Å². The smallest absolute Gasteiger partial charge is 0.342 e. The van der Waals surface area contributed by atoms with Crippen LogP contribution in [0.15, 0.2) is 6.20 Å². The molecule has 0 aliphatic carbocycles. The van der Waals surface area contributed by atoms with Crippen LogP contribution in [-0.4, -0.2) is 25.2 Å². The Hall–Kier alpha value is -0.990. The van der Waals surface area contributed by atoms with E-state index in [4.69, 9.17) is 4.74 Å². The number of halogens is 3. The third-order valence-electron chi connectivity index (χ3n) is 1.83. The number of esters is 1. The van der Waals surface area contributed by atoms with E-state index in [1.165, 1.54) is 14.2 Å². The number of nitrogens with zero attached hydrogens (tertiary/aromatic N) is 1. The van der Waals surface area contributed by atoms with Crippen molar-refractivity contribution in [3.8, 4) is 5.75 Å². The first-order chi connectivity index (χ1) is 7.52. The van der Waals surface area contributed by atoms with Crippen molar-refractivity contribution in [1.82, 2.24) is 4.98 Å². The van der Waals surface area contributed by atoms with Crippen molar-refractivity contribution >= 4 is 28.6 Å². The first-order valence-electron chi connectivity index (χ1n) is 4.11. The van der Waals surface area contributed by atoms with Crippen LogP contribution in [0.4, 0.5) is 8.78 Å². The molecular weight excluding hydrogens is 335 g/mol. The van der Waals surface area contributed by atoms with Crippen LogP contribution in [0.25, 0.3) is 0 Å². The van der Waals surface area contributed by atoms with Crippen molar-refractivity contribution in [3.63, 3.8) is 0 Å². The largest absolute Gasteiger partial charge is 0.494 e. The van der Waals surface area contributed by atoms with Crippen LogP contribution in [0.2, 0.25) is 0 Å². The van der Waals surface area contributed by atoms with Gasteiger partial charge in [-0.05, 0) is 22.6 Å². The summed E-state index contributed by atoms with van der Waals surface area (Å²) in [5.74, 6) is -0.619. The van der Waals surface area contributed by atoms with Gasteiger partial charge in [0.05, 0.1) is 24.0 Å². The second-order valence-corrected chi connectivity index (χ2v) is 3.77. The Kier molecular flexibility index (Phi) is 4.39. The van der Waals surface area contributed by atoms with Gasteiger partial charge in [-0.1, -0.05) is 0 Å². The van der Waals surface area contributed by atoms with E-state index < -0.39 is 18.1 Å². The topological polar surface area (TPSA) is 48.4 Å².